The first-order chi connectivity index (χ1) is 15.5. The zero-order chi connectivity index (χ0) is 22.9. The molecule has 0 bridgehead atoms. The Kier molecular flexibility index (Phi) is 8.82. The third kappa shape index (κ3) is 6.40. The molecule has 2 aromatic carbocycles. The Balaban J connectivity index is 1.55. The molecule has 0 radical (unpaired) electrons. The van der Waals surface area contributed by atoms with E-state index in [0.29, 0.717) is 18.1 Å². The van der Waals surface area contributed by atoms with Gasteiger partial charge in [-0.25, -0.2) is 5.48 Å². The van der Waals surface area contributed by atoms with E-state index in [1.165, 1.54) is 6.40 Å². The highest BCUT2D eigenvalue weighted by Gasteiger charge is 2.36. The number of nitrogens with zero attached hydrogens (tertiary/aromatic N) is 1. The number of carbonyl (C=O) groups is 1. The largest absolute Gasteiger partial charge is 0.446 e. The van der Waals surface area contributed by atoms with Crippen molar-refractivity contribution in [1.82, 2.24) is 5.48 Å². The number of ether oxygens (including phenoxy) is 2. The summed E-state index contributed by atoms with van der Waals surface area (Å²) in [6, 6.07) is 9.94. The van der Waals surface area contributed by atoms with E-state index in [0.717, 1.165) is 66.6 Å². The van der Waals surface area contributed by atoms with Gasteiger partial charge < -0.3 is 14.3 Å². The summed E-state index contributed by atoms with van der Waals surface area (Å²) in [4.78, 5) is 22.1. The van der Waals surface area contributed by atoms with Gasteiger partial charge in [0, 0.05) is 18.7 Å². The minimum atomic E-state index is -0.431. The molecule has 3 rings (SSSR count). The molecule has 1 unspecified atom stereocenters. The molecular weight excluding hydrogens is 404 g/mol. The van der Waals surface area contributed by atoms with Crippen LogP contribution in [0.15, 0.2) is 35.3 Å². The molecule has 0 aromatic heterocycles. The maximum atomic E-state index is 12.7. The summed E-state index contributed by atoms with van der Waals surface area (Å²) in [6.07, 6.45) is 5.90. The van der Waals surface area contributed by atoms with Gasteiger partial charge in [-0.05, 0) is 69.4 Å². The Morgan fingerprint density at radius 1 is 1.03 bits per heavy atom. The molecule has 6 nitrogen and oxygen atoms in total. The van der Waals surface area contributed by atoms with Crippen molar-refractivity contribution >= 4 is 12.4 Å². The Bertz CT molecular complexity index is 955. The smallest absolute Gasteiger partial charge is 0.323 e. The first-order valence-corrected chi connectivity index (χ1v) is 11.4. The van der Waals surface area contributed by atoms with Crippen molar-refractivity contribution in [1.29, 1.82) is 0 Å². The van der Waals surface area contributed by atoms with E-state index in [4.69, 9.17) is 14.3 Å². The normalized spacial score (nSPS) is 15.2. The quantitative estimate of drug-likeness (QED) is 0.124. The third-order valence-corrected chi connectivity index (χ3v) is 5.43. The van der Waals surface area contributed by atoms with Crippen molar-refractivity contribution in [3.8, 4) is 11.5 Å². The summed E-state index contributed by atoms with van der Waals surface area (Å²) in [5, 5.41) is 0. The molecule has 6 heteroatoms. The lowest BCUT2D eigenvalue weighted by atomic mass is 9.89. The molecule has 0 spiro atoms. The summed E-state index contributed by atoms with van der Waals surface area (Å²) >= 11 is 0. The SMILES string of the molecule is CCONCCCCCCN=COc1cc(C)cc(C2C(=O)Oc3c(C)cc(C)cc32)c1. The van der Waals surface area contributed by atoms with Gasteiger partial charge >= 0.3 is 5.97 Å². The van der Waals surface area contributed by atoms with Gasteiger partial charge in [-0.3, -0.25) is 9.79 Å². The molecular formula is C26H34N2O4. The fourth-order valence-corrected chi connectivity index (χ4v) is 4.03. The summed E-state index contributed by atoms with van der Waals surface area (Å²) in [6.45, 7) is 10.3. The number of unbranched alkanes of at least 4 members (excludes halogenated alkanes) is 3. The number of carbonyl (C=O) groups excluding carboxylic acids is 1. The van der Waals surface area contributed by atoms with E-state index in [1.807, 2.05) is 58.0 Å². The maximum absolute atomic E-state index is 12.7. The number of aryl methyl sites for hydroxylation is 3. The van der Waals surface area contributed by atoms with E-state index in [9.17, 15) is 4.79 Å². The average molecular weight is 439 g/mol. The van der Waals surface area contributed by atoms with Crippen LogP contribution < -0.4 is 15.0 Å². The predicted octanol–water partition coefficient (Wildman–Crippen LogP) is 5.17. The van der Waals surface area contributed by atoms with Crippen LogP contribution in [0.4, 0.5) is 0 Å². The van der Waals surface area contributed by atoms with Crippen molar-refractivity contribution < 1.29 is 19.1 Å². The third-order valence-electron chi connectivity index (χ3n) is 5.43. The van der Waals surface area contributed by atoms with E-state index in [1.54, 1.807) is 0 Å². The van der Waals surface area contributed by atoms with Crippen molar-refractivity contribution in [2.75, 3.05) is 19.7 Å². The van der Waals surface area contributed by atoms with Gasteiger partial charge in [0.2, 0.25) is 0 Å². The van der Waals surface area contributed by atoms with Crippen molar-refractivity contribution in [2.45, 2.75) is 59.3 Å². The predicted molar refractivity (Wildman–Crippen MR) is 127 cm³/mol. The molecule has 0 saturated heterocycles. The lowest BCUT2D eigenvalue weighted by Gasteiger charge is -2.12. The molecule has 32 heavy (non-hydrogen) atoms. The summed E-state index contributed by atoms with van der Waals surface area (Å²) < 4.78 is 11.4. The first-order valence-electron chi connectivity index (χ1n) is 11.4. The van der Waals surface area contributed by atoms with E-state index in [2.05, 4.69) is 10.5 Å². The first kappa shape index (κ1) is 24.0. The number of aliphatic imine (C=N–C) groups is 1. The number of esters is 1. The number of fused-ring (bicyclic) bond motifs is 1. The van der Waals surface area contributed by atoms with Gasteiger partial charge in [0.25, 0.3) is 0 Å². The topological polar surface area (TPSA) is 69.1 Å². The van der Waals surface area contributed by atoms with Crippen LogP contribution in [0.5, 0.6) is 11.5 Å². The number of nitrogens with one attached hydrogen (secondary N) is 1. The van der Waals surface area contributed by atoms with Crippen LogP contribution >= 0.6 is 0 Å². The van der Waals surface area contributed by atoms with Crippen LogP contribution in [0.25, 0.3) is 0 Å². The Hall–Kier alpha value is -2.70. The average Bonchev–Trinajstić information content (AvgIpc) is 3.08. The van der Waals surface area contributed by atoms with Crippen LogP contribution in [-0.2, 0) is 9.63 Å². The summed E-state index contributed by atoms with van der Waals surface area (Å²) in [7, 11) is 0. The summed E-state index contributed by atoms with van der Waals surface area (Å²) in [5.74, 6) is 0.691. The standard InChI is InChI=1S/C26H34N2O4/c1-5-31-28-11-9-7-6-8-10-27-17-30-22-14-19(3)13-21(16-22)24-23-15-18(2)12-20(4)25(23)32-26(24)29/h12-17,24,28H,5-11H2,1-4H3. The van der Waals surface area contributed by atoms with Crippen molar-refractivity contribution in [3.05, 3.63) is 58.1 Å². The molecule has 2 aromatic rings. The zero-order valence-electron chi connectivity index (χ0n) is 19.6. The van der Waals surface area contributed by atoms with Crippen LogP contribution in [0, 0.1) is 20.8 Å². The van der Waals surface area contributed by atoms with E-state index < -0.39 is 5.92 Å². The number of hydrogen-bond donors (Lipinski definition) is 1. The lowest BCUT2D eigenvalue weighted by Crippen LogP contribution is -2.15. The molecule has 0 aliphatic carbocycles. The van der Waals surface area contributed by atoms with Crippen LogP contribution in [0.1, 0.15) is 66.3 Å². The Labute approximate surface area is 190 Å². The minimum Gasteiger partial charge on any atom is -0.446 e. The van der Waals surface area contributed by atoms with Crippen molar-refractivity contribution in [3.63, 3.8) is 0 Å². The Morgan fingerprint density at radius 2 is 1.81 bits per heavy atom. The summed E-state index contributed by atoms with van der Waals surface area (Å²) in [5.41, 5.74) is 7.86. The number of hydrogen-bond acceptors (Lipinski definition) is 6. The van der Waals surface area contributed by atoms with Gasteiger partial charge in [-0.2, -0.15) is 0 Å². The van der Waals surface area contributed by atoms with Gasteiger partial charge in [0.05, 0.1) is 6.61 Å². The number of hydroxylamine groups is 1. The zero-order valence-corrected chi connectivity index (χ0v) is 19.6. The van der Waals surface area contributed by atoms with Crippen LogP contribution in [0.3, 0.4) is 0 Å². The molecule has 0 saturated carbocycles. The van der Waals surface area contributed by atoms with Gasteiger partial charge in [-0.15, -0.1) is 0 Å². The molecule has 1 aliphatic rings. The molecule has 172 valence electrons. The fourth-order valence-electron chi connectivity index (χ4n) is 4.03. The second-order valence-corrected chi connectivity index (χ2v) is 8.30. The molecule has 1 heterocycles. The van der Waals surface area contributed by atoms with Gasteiger partial charge in [0.15, 0.2) is 6.40 Å². The molecule has 1 atom stereocenters. The fraction of sp³-hybridized carbons (Fsp3) is 0.462. The highest BCUT2D eigenvalue weighted by molar-refractivity contribution is 5.90. The molecule has 1 aliphatic heterocycles. The number of rotatable bonds is 12. The molecule has 0 amide bonds. The lowest BCUT2D eigenvalue weighted by molar-refractivity contribution is -0.133. The van der Waals surface area contributed by atoms with Crippen LogP contribution in [0.2, 0.25) is 0 Å². The van der Waals surface area contributed by atoms with Crippen molar-refractivity contribution in [2.24, 2.45) is 4.99 Å². The van der Waals surface area contributed by atoms with Gasteiger partial charge in [0.1, 0.15) is 17.4 Å². The maximum Gasteiger partial charge on any atom is 0.323 e. The van der Waals surface area contributed by atoms with E-state index >= 15 is 0 Å². The molecule has 0 fully saturated rings. The molecule has 1 N–H and O–H groups in total. The van der Waals surface area contributed by atoms with Crippen LogP contribution in [-0.4, -0.2) is 32.1 Å². The van der Waals surface area contributed by atoms with Gasteiger partial charge in [-0.1, -0.05) is 36.6 Å². The number of benzene rings is 2. The Morgan fingerprint density at radius 3 is 2.62 bits per heavy atom. The minimum absolute atomic E-state index is 0.240. The second-order valence-electron chi connectivity index (χ2n) is 8.30. The monoisotopic (exact) mass is 438 g/mol. The second kappa shape index (κ2) is 11.8. The highest BCUT2D eigenvalue weighted by atomic mass is 16.6. The van der Waals surface area contributed by atoms with E-state index in [-0.39, 0.29) is 5.97 Å². The highest BCUT2D eigenvalue weighted by Crippen LogP contribution is 2.42.